The van der Waals surface area contributed by atoms with Crippen LogP contribution in [0.25, 0.3) is 0 Å². The van der Waals surface area contributed by atoms with Gasteiger partial charge in [-0.25, -0.2) is 4.79 Å². The fourth-order valence-electron chi connectivity index (χ4n) is 9.74. The van der Waals surface area contributed by atoms with Gasteiger partial charge in [-0.05, 0) is 13.8 Å². The van der Waals surface area contributed by atoms with Gasteiger partial charge < -0.3 is 155 Å². The Morgan fingerprint density at radius 1 is 0.545 bits per heavy atom. The molecule has 0 aromatic rings. The van der Waals surface area contributed by atoms with Gasteiger partial charge in [0.2, 0.25) is 11.8 Å². The molecular weight excluding hydrogens is 1060 g/mol. The first-order valence-corrected chi connectivity index (χ1v) is 24.5. The molecule has 6 rings (SSSR count). The van der Waals surface area contributed by atoms with Gasteiger partial charge in [0.1, 0.15) is 134 Å². The van der Waals surface area contributed by atoms with Crippen LogP contribution in [-0.2, 0) is 66.5 Å². The van der Waals surface area contributed by atoms with Gasteiger partial charge in [-0.3, -0.25) is 9.59 Å². The van der Waals surface area contributed by atoms with E-state index in [1.807, 2.05) is 0 Å². The third-order valence-corrected chi connectivity index (χ3v) is 14.1. The first-order chi connectivity index (χ1) is 36.1. The van der Waals surface area contributed by atoms with Crippen molar-refractivity contribution in [2.45, 2.75) is 224 Å². The average molecular weight is 1130 g/mol. The number of hydrogen-bond donors (Lipinski definition) is 20. The molecule has 0 saturated carbocycles. The standard InChI is InChI=1S/C43H72N2O32/c1-10-21(53)27(59)30(62)39(68-10)75-34-20(45-13(4)50)38(72-17(8-48)32(34)73-41-36(29(61)25(57)16(7-47)71-41)76-40-31(63)28(60)22(54)11(2)69-40)74-33-19(44-12(3)49)37(64)70-18(26(33)58)9-67-43(42(65)66)5-14(51)23(55)35(77-43)24(56)15(52)6-46/h10-11,14-41,46-48,51-64H,5-9H2,1-4H3,(H,44,49)(H,45,50)(H,65,66)/t10-,11-,14-,15+,16+,17+,18+,19+,20+,21+,22+,23+,24+,25-,26-,27+,28+,29-,30-,31-,32+,33+,34+,35+,36+,37+,38-,39-,40-,41-,43+/m0/s1. The summed E-state index contributed by atoms with van der Waals surface area (Å²) in [5, 5.41) is 197. The third-order valence-electron chi connectivity index (χ3n) is 14.1. The number of carbonyl (C=O) groups excluding carboxylic acids is 2. The van der Waals surface area contributed by atoms with Crippen molar-refractivity contribution in [1.82, 2.24) is 10.6 Å². The van der Waals surface area contributed by atoms with E-state index in [0.717, 1.165) is 13.8 Å². The highest BCUT2D eigenvalue weighted by Gasteiger charge is 2.60. The van der Waals surface area contributed by atoms with Crippen molar-refractivity contribution >= 4 is 17.8 Å². The van der Waals surface area contributed by atoms with Crippen molar-refractivity contribution in [2.75, 3.05) is 26.4 Å². The summed E-state index contributed by atoms with van der Waals surface area (Å²) >= 11 is 0. The van der Waals surface area contributed by atoms with Crippen LogP contribution in [-0.4, -0.2) is 326 Å². The molecule has 6 saturated heterocycles. The minimum Gasteiger partial charge on any atom is -0.477 e. The molecule has 0 spiro atoms. The summed E-state index contributed by atoms with van der Waals surface area (Å²) in [6.07, 6.45) is -55.7. The summed E-state index contributed by atoms with van der Waals surface area (Å²) in [4.78, 5) is 38.6. The number of aliphatic hydroxyl groups excluding tert-OH is 17. The maximum Gasteiger partial charge on any atom is 0.364 e. The van der Waals surface area contributed by atoms with Crippen LogP contribution in [0.3, 0.4) is 0 Å². The predicted molar refractivity (Wildman–Crippen MR) is 237 cm³/mol. The summed E-state index contributed by atoms with van der Waals surface area (Å²) < 4.78 is 64.3. The lowest BCUT2D eigenvalue weighted by Gasteiger charge is -2.52. The van der Waals surface area contributed by atoms with Crippen molar-refractivity contribution < 1.29 is 158 Å². The molecule has 0 aromatic heterocycles. The molecule has 0 bridgehead atoms. The Labute approximate surface area is 436 Å². The van der Waals surface area contributed by atoms with E-state index in [9.17, 15) is 106 Å². The molecule has 6 aliphatic heterocycles. The summed E-state index contributed by atoms with van der Waals surface area (Å²) in [6, 6.07) is -3.76. The Bertz CT molecular complexity index is 1930. The van der Waals surface area contributed by atoms with Crippen LogP contribution in [0.5, 0.6) is 0 Å². The topological polar surface area (TPSA) is 541 Å². The summed E-state index contributed by atoms with van der Waals surface area (Å²) in [5.41, 5.74) is 0. The van der Waals surface area contributed by atoms with E-state index < -0.39 is 240 Å². The molecule has 0 unspecified atom stereocenters. The number of nitrogens with one attached hydrogen (secondary N) is 2. The zero-order chi connectivity index (χ0) is 57.3. The zero-order valence-corrected chi connectivity index (χ0v) is 41.6. The zero-order valence-electron chi connectivity index (χ0n) is 41.6. The molecule has 2 amide bonds. The predicted octanol–water partition coefficient (Wildman–Crippen LogP) is -12.6. The van der Waals surface area contributed by atoms with E-state index in [-0.39, 0.29) is 0 Å². The number of rotatable bonds is 19. The molecule has 6 aliphatic rings. The van der Waals surface area contributed by atoms with Gasteiger partial charge in [0.05, 0.1) is 44.7 Å². The summed E-state index contributed by atoms with van der Waals surface area (Å²) in [7, 11) is 0. The van der Waals surface area contributed by atoms with E-state index >= 15 is 0 Å². The number of aliphatic carboxylic acids is 1. The lowest BCUT2D eigenvalue weighted by atomic mass is 9.90. The highest BCUT2D eigenvalue weighted by Crippen LogP contribution is 2.39. The summed E-state index contributed by atoms with van der Waals surface area (Å²) in [6.45, 7) is 0.0976. The fraction of sp³-hybridized carbons (Fsp3) is 0.930. The first-order valence-electron chi connectivity index (χ1n) is 24.5. The van der Waals surface area contributed by atoms with E-state index in [4.69, 9.17) is 52.1 Å². The number of carbonyl (C=O) groups is 3. The fourth-order valence-corrected chi connectivity index (χ4v) is 9.74. The maximum absolute atomic E-state index is 13.2. The molecule has 34 nitrogen and oxygen atoms in total. The lowest BCUT2D eigenvalue weighted by molar-refractivity contribution is -0.396. The summed E-state index contributed by atoms with van der Waals surface area (Å²) in [5.74, 6) is -6.84. The van der Waals surface area contributed by atoms with Gasteiger partial charge in [-0.2, -0.15) is 0 Å². The largest absolute Gasteiger partial charge is 0.477 e. The van der Waals surface area contributed by atoms with Crippen molar-refractivity contribution in [3.8, 4) is 0 Å². The highest BCUT2D eigenvalue weighted by atomic mass is 16.8. The van der Waals surface area contributed by atoms with Crippen LogP contribution in [0.2, 0.25) is 0 Å². The van der Waals surface area contributed by atoms with Gasteiger partial charge in [0.25, 0.3) is 5.79 Å². The minimum atomic E-state index is -3.02. The van der Waals surface area contributed by atoms with E-state index in [1.54, 1.807) is 0 Å². The van der Waals surface area contributed by atoms with E-state index in [0.29, 0.717) is 0 Å². The molecule has 6 fully saturated rings. The van der Waals surface area contributed by atoms with Gasteiger partial charge in [0.15, 0.2) is 31.5 Å². The highest BCUT2D eigenvalue weighted by molar-refractivity contribution is 5.76. The van der Waals surface area contributed by atoms with Crippen molar-refractivity contribution in [2.24, 2.45) is 0 Å². The Balaban J connectivity index is 1.38. The van der Waals surface area contributed by atoms with Crippen LogP contribution in [0.15, 0.2) is 0 Å². The van der Waals surface area contributed by atoms with Crippen LogP contribution in [0.4, 0.5) is 0 Å². The smallest absolute Gasteiger partial charge is 0.364 e. The Morgan fingerprint density at radius 3 is 1.57 bits per heavy atom. The Morgan fingerprint density at radius 2 is 1.05 bits per heavy atom. The number of carboxylic acids is 1. The monoisotopic (exact) mass is 1130 g/mol. The first kappa shape index (κ1) is 63.5. The second-order valence-electron chi connectivity index (χ2n) is 19.7. The van der Waals surface area contributed by atoms with Crippen LogP contribution >= 0.6 is 0 Å². The molecule has 6 heterocycles. The van der Waals surface area contributed by atoms with E-state index in [1.165, 1.54) is 13.8 Å². The molecular formula is C43H72N2O32. The second kappa shape index (κ2) is 26.5. The molecule has 31 atom stereocenters. The number of hydrogen-bond acceptors (Lipinski definition) is 31. The molecule has 446 valence electrons. The van der Waals surface area contributed by atoms with Gasteiger partial charge in [0, 0.05) is 20.3 Å². The lowest BCUT2D eigenvalue weighted by Crippen LogP contribution is -2.72. The number of amides is 2. The molecule has 34 heteroatoms. The molecule has 20 N–H and O–H groups in total. The Hall–Kier alpha value is -2.71. The SMILES string of the molecule is CC(=O)N[C@@H]1[C@@H](O[C@@H]2O[C@H](CO)[C@@H](O[C@@H]3O[C@H](CO)[C@H](O)[C@H](O)[C@H]3O[C@@H]3O[C@@H](C)[C@@H](O)[C@@H](O)[C@@H]3O)[C@H](O[C@@H]3O[C@@H](C)[C@@H](O)[C@@H](O)[C@@H]3O)[C@H]2NC(C)=O)[C@@H](O)[C@@H](CO[C@]2(C(=O)O)C[C@H](O)[C@@H](O)[C@H]([C@H](O)[C@H](O)CO)O2)O[C@H]1O. The van der Waals surface area contributed by atoms with E-state index in [2.05, 4.69) is 10.6 Å². The minimum absolute atomic E-state index is 0.885. The quantitative estimate of drug-likeness (QED) is 0.0571. The second-order valence-corrected chi connectivity index (χ2v) is 19.7. The van der Waals surface area contributed by atoms with Crippen molar-refractivity contribution in [3.63, 3.8) is 0 Å². The van der Waals surface area contributed by atoms with Crippen LogP contribution in [0, 0.1) is 0 Å². The van der Waals surface area contributed by atoms with Gasteiger partial charge in [-0.15, -0.1) is 0 Å². The number of aliphatic hydroxyl groups is 17. The Kier molecular flexibility index (Phi) is 21.8. The number of carboxylic acid groups (broad SMARTS) is 1. The average Bonchev–Trinajstić information content (AvgIpc) is 3.40. The molecule has 0 aliphatic carbocycles. The maximum atomic E-state index is 13.2. The van der Waals surface area contributed by atoms with Crippen molar-refractivity contribution in [3.05, 3.63) is 0 Å². The third kappa shape index (κ3) is 13.6. The molecule has 0 radical (unpaired) electrons. The van der Waals surface area contributed by atoms with Gasteiger partial charge >= 0.3 is 5.97 Å². The normalized spacial score (nSPS) is 48.6. The molecule has 77 heavy (non-hydrogen) atoms. The van der Waals surface area contributed by atoms with Crippen LogP contribution in [0.1, 0.15) is 34.1 Å². The number of ether oxygens (including phenoxy) is 11. The van der Waals surface area contributed by atoms with Crippen molar-refractivity contribution in [1.29, 1.82) is 0 Å². The van der Waals surface area contributed by atoms with Crippen LogP contribution < -0.4 is 10.6 Å². The van der Waals surface area contributed by atoms with Gasteiger partial charge in [-0.1, -0.05) is 0 Å². The molecule has 0 aromatic carbocycles.